The van der Waals surface area contributed by atoms with Gasteiger partial charge in [-0.15, -0.1) is 0 Å². The number of hydrogen-bond donors (Lipinski definition) is 1. The number of pyridine rings is 1. The van der Waals surface area contributed by atoms with E-state index in [2.05, 4.69) is 4.98 Å². The minimum Gasteiger partial charge on any atom is -0.398 e. The zero-order chi connectivity index (χ0) is 16.8. The highest BCUT2D eigenvalue weighted by Crippen LogP contribution is 2.36. The summed E-state index contributed by atoms with van der Waals surface area (Å²) < 4.78 is 38.5. The number of aromatic nitrogens is 1. The van der Waals surface area contributed by atoms with Gasteiger partial charge in [0.05, 0.1) is 16.8 Å². The second-order valence-electron chi connectivity index (χ2n) is 5.54. The van der Waals surface area contributed by atoms with Crippen molar-refractivity contribution < 1.29 is 13.2 Å². The van der Waals surface area contributed by atoms with Crippen molar-refractivity contribution in [1.29, 1.82) is 0 Å². The molecule has 118 valence electrons. The molecule has 5 heteroatoms. The third kappa shape index (κ3) is 2.63. The molecule has 3 rings (SSSR count). The van der Waals surface area contributed by atoms with Crippen LogP contribution >= 0.6 is 0 Å². The summed E-state index contributed by atoms with van der Waals surface area (Å²) in [5, 5.41) is 0.846. The number of nitrogens with zero attached hydrogens (tertiary/aromatic N) is 1. The van der Waals surface area contributed by atoms with Crippen molar-refractivity contribution in [1.82, 2.24) is 4.98 Å². The average Bonchev–Trinajstić information content (AvgIpc) is 2.50. The predicted octanol–water partition coefficient (Wildman–Crippen LogP) is 5.12. The van der Waals surface area contributed by atoms with E-state index >= 15 is 0 Å². The first-order chi connectivity index (χ1) is 10.8. The zero-order valence-electron chi connectivity index (χ0n) is 12.7. The van der Waals surface area contributed by atoms with Crippen LogP contribution in [-0.2, 0) is 6.18 Å². The number of benzene rings is 2. The lowest BCUT2D eigenvalue weighted by Gasteiger charge is -2.15. The van der Waals surface area contributed by atoms with Gasteiger partial charge in [-0.1, -0.05) is 24.3 Å². The summed E-state index contributed by atoms with van der Waals surface area (Å²) in [7, 11) is 0. The molecular formula is C18H15F3N2. The Morgan fingerprint density at radius 2 is 1.70 bits per heavy atom. The molecule has 0 aliphatic heterocycles. The SMILES string of the molecule is Cc1cc(C(F)(F)F)ccc1-c1nc2ccccc2c(N)c1C. The third-order valence-corrected chi connectivity index (χ3v) is 3.99. The lowest BCUT2D eigenvalue weighted by molar-refractivity contribution is -0.137. The highest BCUT2D eigenvalue weighted by molar-refractivity contribution is 5.95. The number of alkyl halides is 3. The van der Waals surface area contributed by atoms with Gasteiger partial charge in [0.15, 0.2) is 0 Å². The van der Waals surface area contributed by atoms with Crippen LogP contribution in [0.5, 0.6) is 0 Å². The fourth-order valence-corrected chi connectivity index (χ4v) is 2.70. The number of nitrogens with two attached hydrogens (primary N) is 1. The van der Waals surface area contributed by atoms with E-state index in [1.807, 2.05) is 31.2 Å². The van der Waals surface area contributed by atoms with Crippen LogP contribution in [0.1, 0.15) is 16.7 Å². The number of hydrogen-bond acceptors (Lipinski definition) is 2. The third-order valence-electron chi connectivity index (χ3n) is 3.99. The Labute approximate surface area is 131 Å². The lowest BCUT2D eigenvalue weighted by atomic mass is 9.97. The number of nitrogen functional groups attached to an aromatic ring is 1. The first kappa shape index (κ1) is 15.3. The maximum atomic E-state index is 12.8. The van der Waals surface area contributed by atoms with Crippen LogP contribution < -0.4 is 5.73 Å². The van der Waals surface area contributed by atoms with Crippen molar-refractivity contribution >= 4 is 16.6 Å². The molecule has 0 amide bonds. The molecule has 0 radical (unpaired) electrons. The van der Waals surface area contributed by atoms with Gasteiger partial charge >= 0.3 is 6.18 Å². The molecule has 0 saturated heterocycles. The topological polar surface area (TPSA) is 38.9 Å². The predicted molar refractivity (Wildman–Crippen MR) is 86.1 cm³/mol. The van der Waals surface area contributed by atoms with Gasteiger partial charge in [0.1, 0.15) is 0 Å². The summed E-state index contributed by atoms with van der Waals surface area (Å²) in [6, 6.07) is 11.1. The van der Waals surface area contributed by atoms with E-state index in [0.717, 1.165) is 28.6 Å². The highest BCUT2D eigenvalue weighted by Gasteiger charge is 2.30. The van der Waals surface area contributed by atoms with E-state index in [1.165, 1.54) is 6.07 Å². The van der Waals surface area contributed by atoms with Crippen molar-refractivity contribution in [3.05, 3.63) is 59.2 Å². The van der Waals surface area contributed by atoms with E-state index in [4.69, 9.17) is 5.73 Å². The van der Waals surface area contributed by atoms with E-state index in [0.29, 0.717) is 22.5 Å². The molecule has 0 bridgehead atoms. The molecule has 0 aliphatic rings. The Hall–Kier alpha value is -2.56. The molecule has 1 aromatic heterocycles. The van der Waals surface area contributed by atoms with Gasteiger partial charge in [-0.25, -0.2) is 4.98 Å². The minimum absolute atomic E-state index is 0.519. The van der Waals surface area contributed by atoms with E-state index in [1.54, 1.807) is 6.92 Å². The van der Waals surface area contributed by atoms with Crippen LogP contribution in [0.2, 0.25) is 0 Å². The average molecular weight is 316 g/mol. The zero-order valence-corrected chi connectivity index (χ0v) is 12.7. The van der Waals surface area contributed by atoms with Crippen molar-refractivity contribution in [2.24, 2.45) is 0 Å². The molecule has 0 spiro atoms. The fourth-order valence-electron chi connectivity index (χ4n) is 2.70. The van der Waals surface area contributed by atoms with Crippen LogP contribution in [0.15, 0.2) is 42.5 Å². The van der Waals surface area contributed by atoms with Crippen LogP contribution in [0.25, 0.3) is 22.2 Å². The highest BCUT2D eigenvalue weighted by atomic mass is 19.4. The Morgan fingerprint density at radius 1 is 1.00 bits per heavy atom. The minimum atomic E-state index is -4.35. The van der Waals surface area contributed by atoms with Crippen LogP contribution in [-0.4, -0.2) is 4.98 Å². The molecule has 0 saturated carbocycles. The fraction of sp³-hybridized carbons (Fsp3) is 0.167. The molecule has 0 fully saturated rings. The van der Waals surface area contributed by atoms with E-state index in [-0.39, 0.29) is 0 Å². The van der Waals surface area contributed by atoms with E-state index in [9.17, 15) is 13.2 Å². The van der Waals surface area contributed by atoms with Gasteiger partial charge in [0.25, 0.3) is 0 Å². The quantitative estimate of drug-likeness (QED) is 0.677. The normalized spacial score (nSPS) is 11.9. The lowest BCUT2D eigenvalue weighted by Crippen LogP contribution is -2.06. The summed E-state index contributed by atoms with van der Waals surface area (Å²) >= 11 is 0. The Balaban J connectivity index is 2.23. The largest absolute Gasteiger partial charge is 0.416 e. The first-order valence-electron chi connectivity index (χ1n) is 7.12. The van der Waals surface area contributed by atoms with E-state index < -0.39 is 11.7 Å². The maximum absolute atomic E-state index is 12.8. The van der Waals surface area contributed by atoms with Crippen molar-refractivity contribution in [3.63, 3.8) is 0 Å². The molecular weight excluding hydrogens is 301 g/mol. The Bertz CT molecular complexity index is 899. The number of para-hydroxylation sites is 1. The van der Waals surface area contributed by atoms with Gasteiger partial charge in [0.2, 0.25) is 0 Å². The number of halogens is 3. The number of rotatable bonds is 1. The molecule has 1 heterocycles. The van der Waals surface area contributed by atoms with Gasteiger partial charge in [-0.3, -0.25) is 0 Å². The Morgan fingerprint density at radius 3 is 2.35 bits per heavy atom. The van der Waals surface area contributed by atoms with Crippen molar-refractivity contribution in [2.75, 3.05) is 5.73 Å². The van der Waals surface area contributed by atoms with Gasteiger partial charge in [-0.2, -0.15) is 13.2 Å². The van der Waals surface area contributed by atoms with Gasteiger partial charge in [-0.05, 0) is 43.2 Å². The number of anilines is 1. The summed E-state index contributed by atoms with van der Waals surface area (Å²) in [6.45, 7) is 3.48. The summed E-state index contributed by atoms with van der Waals surface area (Å²) in [4.78, 5) is 4.60. The second kappa shape index (κ2) is 5.26. The maximum Gasteiger partial charge on any atom is 0.416 e. The molecule has 2 N–H and O–H groups in total. The summed E-state index contributed by atoms with van der Waals surface area (Å²) in [5.41, 5.74) is 9.42. The smallest absolute Gasteiger partial charge is 0.398 e. The Kier molecular flexibility index (Phi) is 3.51. The van der Waals surface area contributed by atoms with Gasteiger partial charge in [0, 0.05) is 16.6 Å². The van der Waals surface area contributed by atoms with Crippen LogP contribution in [0.4, 0.5) is 18.9 Å². The van der Waals surface area contributed by atoms with Crippen LogP contribution in [0, 0.1) is 13.8 Å². The van der Waals surface area contributed by atoms with Gasteiger partial charge < -0.3 is 5.73 Å². The molecule has 23 heavy (non-hydrogen) atoms. The van der Waals surface area contributed by atoms with Crippen molar-refractivity contribution in [2.45, 2.75) is 20.0 Å². The molecule has 3 aromatic rings. The van der Waals surface area contributed by atoms with Crippen LogP contribution in [0.3, 0.4) is 0 Å². The molecule has 2 nitrogen and oxygen atoms in total. The second-order valence-corrected chi connectivity index (χ2v) is 5.54. The first-order valence-corrected chi connectivity index (χ1v) is 7.12. The number of aryl methyl sites for hydroxylation is 1. The molecule has 0 aliphatic carbocycles. The molecule has 0 atom stereocenters. The summed E-state index contributed by atoms with van der Waals surface area (Å²) in [5.74, 6) is 0. The monoisotopic (exact) mass is 316 g/mol. The number of fused-ring (bicyclic) bond motifs is 1. The summed E-state index contributed by atoms with van der Waals surface area (Å²) in [6.07, 6.45) is -4.35. The molecule has 0 unspecified atom stereocenters. The standard InChI is InChI=1S/C18H15F3N2/c1-10-9-12(18(19,20)21)7-8-13(10)17-11(2)16(22)14-5-3-4-6-15(14)23-17/h3-9H,1-2H3,(H2,22,23). The molecule has 2 aromatic carbocycles. The van der Waals surface area contributed by atoms with Crippen molar-refractivity contribution in [3.8, 4) is 11.3 Å².